The van der Waals surface area contributed by atoms with Crippen molar-refractivity contribution in [3.63, 3.8) is 0 Å². The van der Waals surface area contributed by atoms with Gasteiger partial charge in [0, 0.05) is 42.2 Å². The van der Waals surface area contributed by atoms with Crippen molar-refractivity contribution in [1.82, 2.24) is 15.1 Å². The highest BCUT2D eigenvalue weighted by atomic mass is 35.5. The summed E-state index contributed by atoms with van der Waals surface area (Å²) in [5, 5.41) is 8.30. The van der Waals surface area contributed by atoms with Gasteiger partial charge in [-0.15, -0.1) is 11.8 Å². The number of carbonyl (C=O) groups excluding carboxylic acids is 1. The third-order valence-corrected chi connectivity index (χ3v) is 6.57. The number of hydrogen-bond acceptors (Lipinski definition) is 5. The summed E-state index contributed by atoms with van der Waals surface area (Å²) in [7, 11) is 1.73. The summed E-state index contributed by atoms with van der Waals surface area (Å²) < 4.78 is 1.85. The van der Waals surface area contributed by atoms with E-state index in [1.807, 2.05) is 23.7 Å². The highest BCUT2D eigenvalue weighted by Gasteiger charge is 2.29. The number of rotatable bonds is 9. The van der Waals surface area contributed by atoms with Gasteiger partial charge < -0.3 is 11.1 Å². The fraction of sp³-hybridized carbons (Fsp3) is 0.320. The Balaban J connectivity index is 2.21. The molecule has 0 saturated carbocycles. The summed E-state index contributed by atoms with van der Waals surface area (Å²) in [5.74, 6) is 0.738. The quantitative estimate of drug-likeness (QED) is 0.376. The zero-order valence-electron chi connectivity index (χ0n) is 19.3. The van der Waals surface area contributed by atoms with Gasteiger partial charge in [0.25, 0.3) is 5.91 Å². The van der Waals surface area contributed by atoms with Crippen LogP contribution in [0.3, 0.4) is 0 Å². The molecular formula is C25H30ClN5OS. The molecule has 0 aliphatic heterocycles. The largest absolute Gasteiger partial charge is 0.401 e. The highest BCUT2D eigenvalue weighted by Crippen LogP contribution is 2.41. The molecule has 0 spiro atoms. The zero-order chi connectivity index (χ0) is 24.0. The van der Waals surface area contributed by atoms with Crippen molar-refractivity contribution in [3.8, 4) is 5.69 Å². The number of nitrogens with zero attached hydrogens (tertiary/aromatic N) is 3. The molecule has 6 nitrogen and oxygen atoms in total. The Bertz CT molecular complexity index is 1150. The van der Waals surface area contributed by atoms with Gasteiger partial charge in [-0.05, 0) is 43.2 Å². The minimum atomic E-state index is -0.143. The molecule has 1 amide bonds. The Morgan fingerprint density at radius 1 is 1.39 bits per heavy atom. The third kappa shape index (κ3) is 5.25. The molecule has 3 N–H and O–H groups in total. The molecule has 1 heterocycles. The van der Waals surface area contributed by atoms with Gasteiger partial charge in [0.15, 0.2) is 0 Å². The van der Waals surface area contributed by atoms with E-state index in [4.69, 9.17) is 22.4 Å². The summed E-state index contributed by atoms with van der Waals surface area (Å²) in [4.78, 5) is 17.6. The number of carbonyl (C=O) groups is 1. The molecule has 8 heteroatoms. The van der Waals surface area contributed by atoms with Crippen LogP contribution >= 0.6 is 23.4 Å². The Morgan fingerprint density at radius 2 is 2.18 bits per heavy atom. The lowest BCUT2D eigenvalue weighted by molar-refractivity contribution is 0.0953. The number of allylic oxidation sites excluding steroid dienone is 4. The van der Waals surface area contributed by atoms with Crippen molar-refractivity contribution in [1.29, 1.82) is 0 Å². The zero-order valence-corrected chi connectivity index (χ0v) is 20.9. The second-order valence-electron chi connectivity index (χ2n) is 7.54. The summed E-state index contributed by atoms with van der Waals surface area (Å²) >= 11 is 8.40. The lowest BCUT2D eigenvalue weighted by Crippen LogP contribution is -2.24. The van der Waals surface area contributed by atoms with Crippen LogP contribution in [0.4, 0.5) is 0 Å². The number of amides is 1. The van der Waals surface area contributed by atoms with Crippen LogP contribution in [0.25, 0.3) is 16.2 Å². The number of thioether (sulfide) groups is 1. The Hall–Kier alpha value is -2.77. The first-order chi connectivity index (χ1) is 16.0. The van der Waals surface area contributed by atoms with Crippen molar-refractivity contribution in [2.24, 2.45) is 10.7 Å². The topological polar surface area (TPSA) is 85.3 Å². The number of halogens is 1. The van der Waals surface area contributed by atoms with E-state index < -0.39 is 0 Å². The lowest BCUT2D eigenvalue weighted by atomic mass is 9.96. The smallest absolute Gasteiger partial charge is 0.251 e. The second kappa shape index (κ2) is 11.4. The summed E-state index contributed by atoms with van der Waals surface area (Å²) in [6.45, 7) is 8.57. The van der Waals surface area contributed by atoms with Crippen molar-refractivity contribution in [3.05, 3.63) is 70.2 Å². The van der Waals surface area contributed by atoms with E-state index in [9.17, 15) is 4.79 Å². The minimum Gasteiger partial charge on any atom is -0.401 e. The van der Waals surface area contributed by atoms with Crippen LogP contribution in [-0.2, 0) is 6.42 Å². The molecule has 3 rings (SSSR count). The van der Waals surface area contributed by atoms with Gasteiger partial charge in [0.05, 0.1) is 27.0 Å². The summed E-state index contributed by atoms with van der Waals surface area (Å²) in [5.41, 5.74) is 12.3. The van der Waals surface area contributed by atoms with Gasteiger partial charge in [0.1, 0.15) is 0 Å². The molecule has 0 fully saturated rings. The van der Waals surface area contributed by atoms with Crippen molar-refractivity contribution in [2.45, 2.75) is 33.1 Å². The molecule has 2 aromatic rings. The Labute approximate surface area is 204 Å². The molecule has 0 bridgehead atoms. The summed E-state index contributed by atoms with van der Waals surface area (Å²) in [6, 6.07) is 5.30. The van der Waals surface area contributed by atoms with Crippen LogP contribution in [0, 0.1) is 0 Å². The molecule has 1 aromatic heterocycles. The maximum absolute atomic E-state index is 12.4. The van der Waals surface area contributed by atoms with E-state index >= 15 is 0 Å². The number of aliphatic imine (C=N–C) groups is 1. The van der Waals surface area contributed by atoms with Gasteiger partial charge in [-0.2, -0.15) is 5.10 Å². The average molecular weight is 484 g/mol. The number of nitrogens with one attached hydrogen (secondary N) is 1. The van der Waals surface area contributed by atoms with E-state index in [2.05, 4.69) is 23.8 Å². The number of aromatic nitrogens is 2. The van der Waals surface area contributed by atoms with Crippen LogP contribution in [-0.4, -0.2) is 41.2 Å². The van der Waals surface area contributed by atoms with E-state index in [1.54, 1.807) is 43.2 Å². The van der Waals surface area contributed by atoms with Crippen LogP contribution in [0.15, 0.2) is 47.6 Å². The fourth-order valence-corrected chi connectivity index (χ4v) is 4.95. The first kappa shape index (κ1) is 24.9. The first-order valence-corrected chi connectivity index (χ1v) is 12.4. The summed E-state index contributed by atoms with van der Waals surface area (Å²) in [6.07, 6.45) is 7.82. The minimum absolute atomic E-state index is 0.143. The van der Waals surface area contributed by atoms with E-state index in [0.717, 1.165) is 58.1 Å². The monoisotopic (exact) mass is 483 g/mol. The van der Waals surface area contributed by atoms with Gasteiger partial charge in [-0.3, -0.25) is 9.79 Å². The van der Waals surface area contributed by atoms with Crippen LogP contribution in [0.1, 0.15) is 54.0 Å². The molecule has 0 radical (unpaired) electrons. The van der Waals surface area contributed by atoms with Crippen LogP contribution in [0.2, 0.25) is 5.02 Å². The molecule has 174 valence electrons. The van der Waals surface area contributed by atoms with E-state index in [1.165, 1.54) is 0 Å². The van der Waals surface area contributed by atoms with Gasteiger partial charge in [-0.1, -0.05) is 44.2 Å². The predicted octanol–water partition coefficient (Wildman–Crippen LogP) is 5.26. The van der Waals surface area contributed by atoms with Crippen molar-refractivity contribution >= 4 is 46.0 Å². The SMILES string of the molecule is C=C/C=C(\C=NC)c1nn(-c2ccc(C(=O)NCCC)cc2Cl)c2c1CCC(N)=C2SCC. The molecule has 1 aromatic carbocycles. The molecule has 0 saturated heterocycles. The standard InChI is InChI=1S/C25H30ClN5OS/c1-5-8-17(15-28-4)22-18-10-11-20(27)24(33-7-3)23(18)31(30-22)21-12-9-16(14-19(21)26)25(32)29-13-6-2/h5,8-9,12,14-15H,1,6-7,10-11,13,27H2,2-4H3,(H,29,32)/b17-8+,28-15?. The Morgan fingerprint density at radius 3 is 2.82 bits per heavy atom. The normalized spacial score (nSPS) is 14.0. The molecule has 33 heavy (non-hydrogen) atoms. The molecular weight excluding hydrogens is 454 g/mol. The number of benzene rings is 1. The van der Waals surface area contributed by atoms with Gasteiger partial charge >= 0.3 is 0 Å². The molecule has 1 aliphatic carbocycles. The Kier molecular flexibility index (Phi) is 8.58. The number of fused-ring (bicyclic) bond motifs is 1. The first-order valence-electron chi connectivity index (χ1n) is 11.0. The fourth-order valence-electron chi connectivity index (χ4n) is 3.77. The van der Waals surface area contributed by atoms with Crippen molar-refractivity contribution < 1.29 is 4.79 Å². The van der Waals surface area contributed by atoms with Gasteiger partial charge in [0.2, 0.25) is 0 Å². The number of nitrogens with two attached hydrogens (primary N) is 1. The van der Waals surface area contributed by atoms with E-state index in [0.29, 0.717) is 22.8 Å². The third-order valence-electron chi connectivity index (χ3n) is 5.24. The predicted molar refractivity (Wildman–Crippen MR) is 141 cm³/mol. The average Bonchev–Trinajstić information content (AvgIpc) is 3.18. The van der Waals surface area contributed by atoms with E-state index in [-0.39, 0.29) is 5.91 Å². The molecule has 0 unspecified atom stereocenters. The highest BCUT2D eigenvalue weighted by molar-refractivity contribution is 8.08. The van der Waals surface area contributed by atoms with Gasteiger partial charge in [-0.25, -0.2) is 4.68 Å². The molecule has 1 aliphatic rings. The maximum Gasteiger partial charge on any atom is 0.251 e. The lowest BCUT2D eigenvalue weighted by Gasteiger charge is -2.20. The van der Waals surface area contributed by atoms with Crippen LogP contribution in [0.5, 0.6) is 0 Å². The second-order valence-corrected chi connectivity index (χ2v) is 9.22. The molecule has 0 atom stereocenters. The maximum atomic E-state index is 12.4. The van der Waals surface area contributed by atoms with Crippen LogP contribution < -0.4 is 11.1 Å². The van der Waals surface area contributed by atoms with Crippen molar-refractivity contribution in [2.75, 3.05) is 19.3 Å². The number of hydrogen-bond donors (Lipinski definition) is 2.